The van der Waals surface area contributed by atoms with Crippen molar-refractivity contribution < 1.29 is 59.4 Å². The molecule has 4 heterocycles. The predicted molar refractivity (Wildman–Crippen MR) is 207 cm³/mol. The predicted octanol–water partition coefficient (Wildman–Crippen LogP) is 5.02. The lowest BCUT2D eigenvalue weighted by molar-refractivity contribution is -0.956. The molecule has 10 nitrogen and oxygen atoms in total. The number of methoxy groups -OCH3 is 4. The third kappa shape index (κ3) is 7.46. The molecule has 0 radical (unpaired) electrons. The largest absolute Gasteiger partial charge is 1.00 e. The van der Waals surface area contributed by atoms with Crippen molar-refractivity contribution in [1.29, 1.82) is 0 Å². The molecule has 0 fully saturated rings. The van der Waals surface area contributed by atoms with E-state index in [1.165, 1.54) is 5.56 Å². The fourth-order valence-electron chi connectivity index (χ4n) is 8.91. The van der Waals surface area contributed by atoms with Crippen LogP contribution in [0, 0.1) is 0 Å². The Balaban J connectivity index is 0.00000514. The maximum atomic E-state index is 13.7. The average molecular weight is 818 g/mol. The lowest BCUT2D eigenvalue weighted by Crippen LogP contribution is -3.00. The Kier molecular flexibility index (Phi) is 12.2. The number of likely N-dealkylation sites (N-methyl/N-ethyl adjacent to an activating group) is 2. The summed E-state index contributed by atoms with van der Waals surface area (Å²) in [4.78, 5) is 16.0. The average Bonchev–Trinajstić information content (AvgIpc) is 3.17. The first-order valence-electron chi connectivity index (χ1n) is 19.0. The first-order valence-corrected chi connectivity index (χ1v) is 19.0. The van der Waals surface area contributed by atoms with Crippen molar-refractivity contribution in [3.05, 3.63) is 94.0 Å². The molecule has 8 rings (SSSR count). The van der Waals surface area contributed by atoms with Crippen LogP contribution in [-0.2, 0) is 35.2 Å². The van der Waals surface area contributed by atoms with E-state index < -0.39 is 0 Å². The summed E-state index contributed by atoms with van der Waals surface area (Å²) in [5, 5.41) is 0. The van der Waals surface area contributed by atoms with Crippen LogP contribution < -0.4 is 45.4 Å². The Morgan fingerprint density at radius 2 is 1.51 bits per heavy atom. The van der Waals surface area contributed by atoms with E-state index >= 15 is 0 Å². The monoisotopic (exact) mass is 816 g/mol. The second kappa shape index (κ2) is 16.7. The number of rotatable bonds is 8. The third-order valence-corrected chi connectivity index (χ3v) is 11.8. The van der Waals surface area contributed by atoms with E-state index in [4.69, 9.17) is 33.2 Å². The molecule has 6 bridgehead atoms. The van der Waals surface area contributed by atoms with E-state index in [-0.39, 0.29) is 41.1 Å². The molecule has 4 aromatic rings. The second-order valence-electron chi connectivity index (χ2n) is 14.7. The van der Waals surface area contributed by atoms with Gasteiger partial charge in [0, 0.05) is 43.0 Å². The highest BCUT2D eigenvalue weighted by Gasteiger charge is 2.48. The molecular formula is C44H53BrN2O8. The Hall–Kier alpha value is -4.45. The zero-order valence-corrected chi connectivity index (χ0v) is 34.8. The number of carbonyl (C=O) groups excluding carboxylic acids is 1. The van der Waals surface area contributed by atoms with Gasteiger partial charge in [-0.1, -0.05) is 25.1 Å². The van der Waals surface area contributed by atoms with E-state index in [0.29, 0.717) is 76.3 Å². The Labute approximate surface area is 335 Å². The number of hydrogen-bond acceptors (Lipinski definition) is 9. The van der Waals surface area contributed by atoms with Gasteiger partial charge in [-0.15, -0.1) is 0 Å². The molecule has 11 heteroatoms. The van der Waals surface area contributed by atoms with Gasteiger partial charge in [-0.2, -0.15) is 0 Å². The molecule has 294 valence electrons. The summed E-state index contributed by atoms with van der Waals surface area (Å²) in [6.45, 7) is 5.90. The number of nitrogens with zero attached hydrogens (tertiary/aromatic N) is 2. The standard InChI is InChI=1S/C44H53N2O8.BrH/c1-9-34(44(47)52-10-2)46(4)20-18-29-24-37(49-6)39-26-32(29)35(46)22-27-11-14-31(15-12-27)53-38-23-28(13-16-36(38)48-5)21-33-41-30(17-19-45(33)3)25-40(50-7)42(51-8)43(41)54-39;/h11-16,23-26,33-35H,9-10,17-22H2,1-8H3;1H/q+1;/p-1/t33-,34?,35-,46?;/m0./s1. The van der Waals surface area contributed by atoms with Crippen LogP contribution in [0.3, 0.4) is 0 Å². The number of halogens is 1. The van der Waals surface area contributed by atoms with Crippen LogP contribution in [0.25, 0.3) is 0 Å². The number of hydrogen-bond donors (Lipinski definition) is 0. The molecule has 0 aliphatic carbocycles. The van der Waals surface area contributed by atoms with Gasteiger partial charge in [-0.05, 0) is 91.5 Å². The maximum absolute atomic E-state index is 13.7. The molecule has 0 aromatic heterocycles. The van der Waals surface area contributed by atoms with Crippen molar-refractivity contribution in [2.45, 2.75) is 64.1 Å². The summed E-state index contributed by atoms with van der Waals surface area (Å²) in [5.41, 5.74) is 6.69. The van der Waals surface area contributed by atoms with E-state index in [1.54, 1.807) is 28.4 Å². The Morgan fingerprint density at radius 1 is 0.818 bits per heavy atom. The van der Waals surface area contributed by atoms with Gasteiger partial charge >= 0.3 is 5.97 Å². The van der Waals surface area contributed by atoms with Gasteiger partial charge in [0.05, 0.1) is 48.6 Å². The fourth-order valence-corrected chi connectivity index (χ4v) is 8.91. The summed E-state index contributed by atoms with van der Waals surface area (Å²) < 4.78 is 43.8. The minimum absolute atomic E-state index is 0. The van der Waals surface area contributed by atoms with Gasteiger partial charge in [-0.3, -0.25) is 4.90 Å². The number of ether oxygens (including phenoxy) is 7. The van der Waals surface area contributed by atoms with Crippen molar-refractivity contribution in [2.75, 3.05) is 62.2 Å². The third-order valence-electron chi connectivity index (χ3n) is 11.8. The van der Waals surface area contributed by atoms with Gasteiger partial charge < -0.3 is 54.6 Å². The van der Waals surface area contributed by atoms with Gasteiger partial charge in [0.15, 0.2) is 40.5 Å². The molecule has 4 aliphatic rings. The molecule has 0 saturated heterocycles. The van der Waals surface area contributed by atoms with Gasteiger partial charge in [0.1, 0.15) is 11.8 Å². The lowest BCUT2D eigenvalue weighted by atomic mass is 9.84. The molecule has 4 atom stereocenters. The topological polar surface area (TPSA) is 84.9 Å². The highest BCUT2D eigenvalue weighted by atomic mass is 79.9. The summed E-state index contributed by atoms with van der Waals surface area (Å²) in [6.07, 6.45) is 3.59. The highest BCUT2D eigenvalue weighted by molar-refractivity contribution is 5.74. The van der Waals surface area contributed by atoms with Crippen molar-refractivity contribution in [3.8, 4) is 46.0 Å². The van der Waals surface area contributed by atoms with Crippen LogP contribution in [0.5, 0.6) is 46.0 Å². The molecule has 55 heavy (non-hydrogen) atoms. The second-order valence-corrected chi connectivity index (χ2v) is 14.7. The fraction of sp³-hybridized carbons (Fsp3) is 0.432. The van der Waals surface area contributed by atoms with Crippen LogP contribution in [0.4, 0.5) is 0 Å². The van der Waals surface area contributed by atoms with Crippen molar-refractivity contribution in [3.63, 3.8) is 0 Å². The summed E-state index contributed by atoms with van der Waals surface area (Å²) in [6, 6.07) is 20.2. The zero-order valence-electron chi connectivity index (χ0n) is 33.2. The number of benzene rings is 4. The quantitative estimate of drug-likeness (QED) is 0.180. The molecule has 0 N–H and O–H groups in total. The van der Waals surface area contributed by atoms with Gasteiger partial charge in [0.2, 0.25) is 5.75 Å². The van der Waals surface area contributed by atoms with E-state index in [9.17, 15) is 4.79 Å². The highest BCUT2D eigenvalue weighted by Crippen LogP contribution is 2.52. The van der Waals surface area contributed by atoms with E-state index in [1.807, 2.05) is 25.1 Å². The first-order chi connectivity index (χ1) is 26.2. The summed E-state index contributed by atoms with van der Waals surface area (Å²) in [7, 11) is 11.0. The molecule has 2 unspecified atom stereocenters. The first kappa shape index (κ1) is 40.2. The molecule has 0 amide bonds. The zero-order chi connectivity index (χ0) is 38.1. The van der Waals surface area contributed by atoms with Gasteiger partial charge in [-0.25, -0.2) is 4.79 Å². The molecule has 0 saturated carbocycles. The number of carbonyl (C=O) groups is 1. The van der Waals surface area contributed by atoms with Crippen molar-refractivity contribution >= 4 is 5.97 Å². The SMILES string of the molecule is CCOC(=O)C(CC)[N+]1(C)CCc2cc(OC)c3cc2[C@@H]1Cc1ccc(cc1)Oc1cc(ccc1OC)C[C@H]1c2c(cc(OC)c(OC)c2O3)CCN1C.[Br-]. The molecule has 4 aliphatic heterocycles. The minimum atomic E-state index is -0.350. The molecule has 4 aromatic carbocycles. The minimum Gasteiger partial charge on any atom is -1.00 e. The van der Waals surface area contributed by atoms with Crippen LogP contribution in [0.15, 0.2) is 60.7 Å². The van der Waals surface area contributed by atoms with Crippen molar-refractivity contribution in [2.24, 2.45) is 0 Å². The Morgan fingerprint density at radius 3 is 2.18 bits per heavy atom. The van der Waals surface area contributed by atoms with Crippen LogP contribution in [0.1, 0.15) is 65.7 Å². The molecular weight excluding hydrogens is 764 g/mol. The maximum Gasteiger partial charge on any atom is 0.364 e. The van der Waals surface area contributed by atoms with E-state index in [0.717, 1.165) is 53.7 Å². The number of fused-ring (bicyclic) bond motifs is 2. The van der Waals surface area contributed by atoms with Gasteiger partial charge in [0.25, 0.3) is 0 Å². The summed E-state index contributed by atoms with van der Waals surface area (Å²) >= 11 is 0. The lowest BCUT2D eigenvalue weighted by Gasteiger charge is -2.49. The van der Waals surface area contributed by atoms with E-state index in [2.05, 4.69) is 68.4 Å². The smallest absolute Gasteiger partial charge is 0.364 e. The van der Waals surface area contributed by atoms with Crippen LogP contribution in [-0.4, -0.2) is 83.6 Å². The number of esters is 1. The normalized spacial score (nSPS) is 20.6. The van der Waals surface area contributed by atoms with Crippen molar-refractivity contribution in [1.82, 2.24) is 4.90 Å². The molecule has 0 spiro atoms. The summed E-state index contributed by atoms with van der Waals surface area (Å²) in [5.74, 6) is 4.80. The van der Waals surface area contributed by atoms with Crippen LogP contribution >= 0.6 is 0 Å². The number of quaternary nitrogens is 1. The van der Waals surface area contributed by atoms with Crippen LogP contribution in [0.2, 0.25) is 0 Å². The Bertz CT molecular complexity index is 2020.